The minimum Gasteiger partial charge on any atom is -0.374 e. The molecule has 30 heavy (non-hydrogen) atoms. The van der Waals surface area contributed by atoms with Crippen LogP contribution in [0.5, 0.6) is 0 Å². The third-order valence-corrected chi connectivity index (χ3v) is 4.75. The molecule has 1 aliphatic heterocycles. The van der Waals surface area contributed by atoms with Crippen molar-refractivity contribution >= 4 is 35.8 Å². The number of hydrogen-bond acceptors (Lipinski definition) is 4. The molecule has 1 atom stereocenters. The number of carbonyl (C=O) groups is 1. The van der Waals surface area contributed by atoms with Crippen molar-refractivity contribution in [1.82, 2.24) is 20.9 Å². The van der Waals surface area contributed by atoms with Gasteiger partial charge in [-0.2, -0.15) is 0 Å². The molecular formula is C22H38IN5O2. The highest BCUT2D eigenvalue weighted by Gasteiger charge is 2.21. The first kappa shape index (κ1) is 26.6. The van der Waals surface area contributed by atoms with Crippen LogP contribution in [0.3, 0.4) is 0 Å². The largest absolute Gasteiger partial charge is 0.374 e. The van der Waals surface area contributed by atoms with Crippen LogP contribution in [-0.4, -0.2) is 69.2 Å². The molecule has 1 aliphatic rings. The minimum absolute atomic E-state index is 0. The Morgan fingerprint density at radius 3 is 2.80 bits per heavy atom. The Balaban J connectivity index is 0.00000450. The number of morpholine rings is 1. The molecule has 1 aromatic rings. The second kappa shape index (κ2) is 14.6. The Bertz CT molecular complexity index is 669. The zero-order valence-corrected chi connectivity index (χ0v) is 21.1. The minimum atomic E-state index is -0.0309. The van der Waals surface area contributed by atoms with Crippen LogP contribution >= 0.6 is 24.0 Å². The van der Waals surface area contributed by atoms with Gasteiger partial charge < -0.3 is 20.7 Å². The van der Waals surface area contributed by atoms with E-state index in [2.05, 4.69) is 39.7 Å². The average molecular weight is 531 g/mol. The second-order valence-corrected chi connectivity index (χ2v) is 7.91. The van der Waals surface area contributed by atoms with Crippen LogP contribution in [-0.2, 0) is 11.3 Å². The van der Waals surface area contributed by atoms with Gasteiger partial charge in [0.25, 0.3) is 5.91 Å². The molecule has 0 bridgehead atoms. The van der Waals surface area contributed by atoms with Gasteiger partial charge in [-0.3, -0.25) is 14.7 Å². The zero-order valence-electron chi connectivity index (χ0n) is 18.7. The number of rotatable bonds is 9. The zero-order chi connectivity index (χ0) is 21.1. The number of aliphatic imine (C=N–C) groups is 1. The molecule has 7 nitrogen and oxygen atoms in total. The van der Waals surface area contributed by atoms with E-state index in [1.54, 1.807) is 7.05 Å². The molecule has 1 aromatic carbocycles. The Morgan fingerprint density at radius 1 is 1.30 bits per heavy atom. The smallest absolute Gasteiger partial charge is 0.251 e. The van der Waals surface area contributed by atoms with E-state index in [0.29, 0.717) is 31.1 Å². The van der Waals surface area contributed by atoms with Crippen LogP contribution in [0.25, 0.3) is 0 Å². The van der Waals surface area contributed by atoms with E-state index in [4.69, 9.17) is 4.74 Å². The number of hydrogen-bond donors (Lipinski definition) is 3. The molecule has 1 amide bonds. The molecule has 1 fully saturated rings. The van der Waals surface area contributed by atoms with Crippen LogP contribution in [0.2, 0.25) is 0 Å². The average Bonchev–Trinajstić information content (AvgIpc) is 2.72. The topological polar surface area (TPSA) is 78.0 Å². The number of carbonyl (C=O) groups excluding carboxylic acids is 1. The summed E-state index contributed by atoms with van der Waals surface area (Å²) in [4.78, 5) is 18.9. The fourth-order valence-electron chi connectivity index (χ4n) is 3.37. The Kier molecular flexibility index (Phi) is 13.0. The summed E-state index contributed by atoms with van der Waals surface area (Å²) in [6.45, 7) is 12.4. The van der Waals surface area contributed by atoms with Gasteiger partial charge in [0.05, 0.1) is 12.7 Å². The third-order valence-electron chi connectivity index (χ3n) is 4.75. The number of nitrogens with zero attached hydrogens (tertiary/aromatic N) is 2. The van der Waals surface area contributed by atoms with Gasteiger partial charge in [0.1, 0.15) is 0 Å². The van der Waals surface area contributed by atoms with Crippen molar-refractivity contribution in [2.75, 3.05) is 46.4 Å². The van der Waals surface area contributed by atoms with Crippen molar-refractivity contribution in [3.05, 3.63) is 35.4 Å². The van der Waals surface area contributed by atoms with Gasteiger partial charge in [-0.1, -0.05) is 32.9 Å². The predicted octanol–water partition coefficient (Wildman–Crippen LogP) is 2.47. The van der Waals surface area contributed by atoms with Crippen LogP contribution in [0, 0.1) is 5.92 Å². The highest BCUT2D eigenvalue weighted by Crippen LogP contribution is 2.08. The molecule has 0 aromatic heterocycles. The fourth-order valence-corrected chi connectivity index (χ4v) is 3.37. The molecule has 0 saturated carbocycles. The lowest BCUT2D eigenvalue weighted by atomic mass is 10.1. The Labute approximate surface area is 198 Å². The first-order valence-electron chi connectivity index (χ1n) is 10.7. The monoisotopic (exact) mass is 531 g/mol. The quantitative estimate of drug-likeness (QED) is 0.259. The second-order valence-electron chi connectivity index (χ2n) is 7.91. The lowest BCUT2D eigenvalue weighted by Crippen LogP contribution is -2.50. The molecule has 0 radical (unpaired) electrons. The van der Waals surface area contributed by atoms with E-state index < -0.39 is 0 Å². The van der Waals surface area contributed by atoms with Crippen molar-refractivity contribution in [1.29, 1.82) is 0 Å². The summed E-state index contributed by atoms with van der Waals surface area (Å²) in [5.41, 5.74) is 1.72. The van der Waals surface area contributed by atoms with Crippen LogP contribution in [0.1, 0.15) is 43.1 Å². The van der Waals surface area contributed by atoms with E-state index >= 15 is 0 Å². The number of nitrogens with one attached hydrogen (secondary N) is 3. The van der Waals surface area contributed by atoms with Crippen molar-refractivity contribution < 1.29 is 9.53 Å². The molecule has 0 aliphatic carbocycles. The predicted molar refractivity (Wildman–Crippen MR) is 134 cm³/mol. The number of benzene rings is 1. The lowest BCUT2D eigenvalue weighted by Gasteiger charge is -2.34. The maximum atomic E-state index is 12.1. The Hall–Kier alpha value is -1.39. The van der Waals surface area contributed by atoms with Gasteiger partial charge in [0, 0.05) is 51.9 Å². The van der Waals surface area contributed by atoms with Gasteiger partial charge in [-0.25, -0.2) is 0 Å². The summed E-state index contributed by atoms with van der Waals surface area (Å²) < 4.78 is 5.89. The van der Waals surface area contributed by atoms with Crippen molar-refractivity contribution in [3.63, 3.8) is 0 Å². The molecule has 3 N–H and O–H groups in total. The lowest BCUT2D eigenvalue weighted by molar-refractivity contribution is -0.0284. The molecule has 1 saturated heterocycles. The van der Waals surface area contributed by atoms with Crippen molar-refractivity contribution in [2.24, 2.45) is 10.9 Å². The number of ether oxygens (including phenoxy) is 1. The highest BCUT2D eigenvalue weighted by atomic mass is 127. The first-order valence-corrected chi connectivity index (χ1v) is 10.7. The summed E-state index contributed by atoms with van der Waals surface area (Å²) in [7, 11) is 1.76. The van der Waals surface area contributed by atoms with Gasteiger partial charge in [-0.15, -0.1) is 24.0 Å². The molecule has 0 spiro atoms. The number of halogens is 1. The summed E-state index contributed by atoms with van der Waals surface area (Å²) in [5.74, 6) is 1.36. The van der Waals surface area contributed by atoms with Crippen molar-refractivity contribution in [2.45, 2.75) is 39.8 Å². The SMILES string of the molecule is CCCNC(=O)c1cccc(CNC(=NC)NCC2CN(CC(C)C)CCO2)c1.I. The standard InChI is InChI=1S/C22H37N5O2.HI/c1-5-9-24-21(28)19-8-6-7-18(12-19)13-25-22(23-4)26-14-20-16-27(10-11-29-20)15-17(2)3;/h6-8,12,17,20H,5,9-11,13-16H2,1-4H3,(H,24,28)(H2,23,25,26);1H. The molecular weight excluding hydrogens is 493 g/mol. The molecule has 8 heteroatoms. The number of amides is 1. The summed E-state index contributed by atoms with van der Waals surface area (Å²) >= 11 is 0. The van der Waals surface area contributed by atoms with Crippen molar-refractivity contribution in [3.8, 4) is 0 Å². The van der Waals surface area contributed by atoms with Gasteiger partial charge >= 0.3 is 0 Å². The van der Waals surface area contributed by atoms with Gasteiger partial charge in [-0.05, 0) is 30.0 Å². The van der Waals surface area contributed by atoms with Gasteiger partial charge in [0.2, 0.25) is 0 Å². The summed E-state index contributed by atoms with van der Waals surface area (Å²) in [6.07, 6.45) is 1.08. The van der Waals surface area contributed by atoms with E-state index in [1.807, 2.05) is 31.2 Å². The summed E-state index contributed by atoms with van der Waals surface area (Å²) in [5, 5.41) is 9.58. The van der Waals surface area contributed by atoms with Gasteiger partial charge in [0.15, 0.2) is 5.96 Å². The van der Waals surface area contributed by atoms with Crippen LogP contribution < -0.4 is 16.0 Å². The van der Waals surface area contributed by atoms with E-state index in [1.165, 1.54) is 0 Å². The number of guanidine groups is 1. The normalized spacial score (nSPS) is 17.4. The van der Waals surface area contributed by atoms with E-state index in [0.717, 1.165) is 44.2 Å². The highest BCUT2D eigenvalue weighted by molar-refractivity contribution is 14.0. The summed E-state index contributed by atoms with van der Waals surface area (Å²) in [6, 6.07) is 7.67. The maximum absolute atomic E-state index is 12.1. The Morgan fingerprint density at radius 2 is 2.10 bits per heavy atom. The molecule has 1 unspecified atom stereocenters. The van der Waals surface area contributed by atoms with E-state index in [9.17, 15) is 4.79 Å². The third kappa shape index (κ3) is 9.61. The van der Waals surface area contributed by atoms with E-state index in [-0.39, 0.29) is 36.0 Å². The van der Waals surface area contributed by atoms with Crippen LogP contribution in [0.4, 0.5) is 0 Å². The molecule has 2 rings (SSSR count). The van der Waals surface area contributed by atoms with Crippen LogP contribution in [0.15, 0.2) is 29.3 Å². The fraction of sp³-hybridized carbons (Fsp3) is 0.636. The molecule has 170 valence electrons. The maximum Gasteiger partial charge on any atom is 0.251 e. The molecule has 1 heterocycles. The first-order chi connectivity index (χ1) is 14.0.